The molecule has 1 aliphatic carbocycles. The molecule has 2 aliphatic rings. The van der Waals surface area contributed by atoms with Crippen LogP contribution in [-0.4, -0.2) is 49.8 Å². The molecular formula is C17H34N2O. The Morgan fingerprint density at radius 3 is 2.45 bits per heavy atom. The van der Waals surface area contributed by atoms with E-state index in [0.29, 0.717) is 12.1 Å². The second-order valence-corrected chi connectivity index (χ2v) is 7.03. The lowest BCUT2D eigenvalue weighted by Crippen LogP contribution is -2.49. The monoisotopic (exact) mass is 282 g/mol. The predicted octanol–water partition coefficient (Wildman–Crippen LogP) is 2.90. The Balaban J connectivity index is 1.59. The minimum absolute atomic E-state index is 0.387. The van der Waals surface area contributed by atoms with Crippen LogP contribution in [0.2, 0.25) is 0 Å². The molecule has 1 saturated heterocycles. The lowest BCUT2D eigenvalue weighted by Gasteiger charge is -2.36. The summed E-state index contributed by atoms with van der Waals surface area (Å²) in [6.45, 7) is 12.2. The summed E-state index contributed by atoms with van der Waals surface area (Å²) in [5.41, 5.74) is 0. The van der Waals surface area contributed by atoms with Crippen molar-refractivity contribution in [3.63, 3.8) is 0 Å². The van der Waals surface area contributed by atoms with E-state index in [1.807, 2.05) is 0 Å². The van der Waals surface area contributed by atoms with E-state index >= 15 is 0 Å². The van der Waals surface area contributed by atoms with Crippen LogP contribution in [0.25, 0.3) is 0 Å². The Morgan fingerprint density at radius 1 is 1.10 bits per heavy atom. The third-order valence-corrected chi connectivity index (χ3v) is 5.25. The zero-order valence-electron chi connectivity index (χ0n) is 13.7. The zero-order valence-corrected chi connectivity index (χ0v) is 13.7. The molecule has 1 atom stereocenters. The van der Waals surface area contributed by atoms with Gasteiger partial charge >= 0.3 is 0 Å². The topological polar surface area (TPSA) is 24.5 Å². The lowest BCUT2D eigenvalue weighted by molar-refractivity contribution is -0.0375. The first-order valence-electron chi connectivity index (χ1n) is 8.75. The lowest BCUT2D eigenvalue weighted by atomic mass is 9.81. The molecule has 1 unspecified atom stereocenters. The van der Waals surface area contributed by atoms with Gasteiger partial charge in [-0.3, -0.25) is 4.90 Å². The summed E-state index contributed by atoms with van der Waals surface area (Å²) in [7, 11) is 0. The van der Waals surface area contributed by atoms with Crippen LogP contribution in [0.5, 0.6) is 0 Å². The van der Waals surface area contributed by atoms with Gasteiger partial charge in [0.2, 0.25) is 0 Å². The summed E-state index contributed by atoms with van der Waals surface area (Å²) in [6, 6.07) is 0.644. The number of morpholine rings is 1. The molecule has 118 valence electrons. The normalized spacial score (nSPS) is 32.7. The summed E-state index contributed by atoms with van der Waals surface area (Å²) in [6.07, 6.45) is 7.51. The number of nitrogens with zero attached hydrogens (tertiary/aromatic N) is 1. The fraction of sp³-hybridized carbons (Fsp3) is 1.00. The molecule has 1 aliphatic heterocycles. The fourth-order valence-electron chi connectivity index (χ4n) is 3.63. The Bertz CT molecular complexity index is 262. The highest BCUT2D eigenvalue weighted by atomic mass is 16.5. The van der Waals surface area contributed by atoms with Gasteiger partial charge in [-0.05, 0) is 45.1 Å². The summed E-state index contributed by atoms with van der Waals surface area (Å²) >= 11 is 0. The van der Waals surface area contributed by atoms with Crippen molar-refractivity contribution in [2.24, 2.45) is 11.8 Å². The second kappa shape index (κ2) is 8.35. The van der Waals surface area contributed by atoms with Crippen LogP contribution in [0.3, 0.4) is 0 Å². The number of hydrogen-bond acceptors (Lipinski definition) is 3. The third-order valence-electron chi connectivity index (χ3n) is 5.25. The highest BCUT2D eigenvalue weighted by Gasteiger charge is 2.23. The highest BCUT2D eigenvalue weighted by molar-refractivity contribution is 4.77. The molecule has 2 rings (SSSR count). The maximum absolute atomic E-state index is 5.88. The second-order valence-electron chi connectivity index (χ2n) is 7.03. The van der Waals surface area contributed by atoms with Gasteiger partial charge in [-0.15, -0.1) is 0 Å². The smallest absolute Gasteiger partial charge is 0.0826 e. The quantitative estimate of drug-likeness (QED) is 0.811. The van der Waals surface area contributed by atoms with Crippen molar-refractivity contribution < 1.29 is 4.74 Å². The molecule has 0 spiro atoms. The molecule has 0 aromatic rings. The van der Waals surface area contributed by atoms with Crippen LogP contribution in [0.15, 0.2) is 0 Å². The highest BCUT2D eigenvalue weighted by Crippen LogP contribution is 2.30. The molecule has 0 aromatic heterocycles. The van der Waals surface area contributed by atoms with Crippen LogP contribution in [0, 0.1) is 11.8 Å². The SMILES string of the molecule is CCC1CCC(CNCC2CN(C(C)C)CCO2)CC1. The fourth-order valence-corrected chi connectivity index (χ4v) is 3.63. The van der Waals surface area contributed by atoms with E-state index in [1.54, 1.807) is 0 Å². The van der Waals surface area contributed by atoms with Crippen molar-refractivity contribution in [1.29, 1.82) is 0 Å². The molecule has 0 radical (unpaired) electrons. The number of hydrogen-bond donors (Lipinski definition) is 1. The van der Waals surface area contributed by atoms with Gasteiger partial charge in [0.25, 0.3) is 0 Å². The molecule has 2 fully saturated rings. The summed E-state index contributed by atoms with van der Waals surface area (Å²) < 4.78 is 5.88. The van der Waals surface area contributed by atoms with Crippen LogP contribution in [0.1, 0.15) is 52.9 Å². The van der Waals surface area contributed by atoms with Crippen molar-refractivity contribution in [2.45, 2.75) is 65.0 Å². The van der Waals surface area contributed by atoms with Crippen molar-refractivity contribution >= 4 is 0 Å². The van der Waals surface area contributed by atoms with Crippen molar-refractivity contribution in [1.82, 2.24) is 10.2 Å². The van der Waals surface area contributed by atoms with E-state index in [0.717, 1.165) is 38.1 Å². The van der Waals surface area contributed by atoms with Gasteiger partial charge in [0.05, 0.1) is 12.7 Å². The van der Waals surface area contributed by atoms with Gasteiger partial charge in [0.1, 0.15) is 0 Å². The van der Waals surface area contributed by atoms with E-state index in [1.165, 1.54) is 38.6 Å². The molecule has 3 nitrogen and oxygen atoms in total. The van der Waals surface area contributed by atoms with Gasteiger partial charge in [-0.1, -0.05) is 26.2 Å². The van der Waals surface area contributed by atoms with E-state index < -0.39 is 0 Å². The molecular weight excluding hydrogens is 248 g/mol. The zero-order chi connectivity index (χ0) is 14.4. The summed E-state index contributed by atoms with van der Waals surface area (Å²) in [5.74, 6) is 1.91. The number of ether oxygens (including phenoxy) is 1. The van der Waals surface area contributed by atoms with Gasteiger partial charge in [0.15, 0.2) is 0 Å². The molecule has 0 bridgehead atoms. The van der Waals surface area contributed by atoms with E-state index in [-0.39, 0.29) is 0 Å². The molecule has 1 saturated carbocycles. The van der Waals surface area contributed by atoms with Crippen molar-refractivity contribution in [2.75, 3.05) is 32.8 Å². The first-order valence-corrected chi connectivity index (χ1v) is 8.75. The average molecular weight is 282 g/mol. The Hall–Kier alpha value is -0.120. The predicted molar refractivity (Wildman–Crippen MR) is 85.1 cm³/mol. The van der Waals surface area contributed by atoms with Crippen LogP contribution >= 0.6 is 0 Å². The number of nitrogens with one attached hydrogen (secondary N) is 1. The third kappa shape index (κ3) is 5.01. The van der Waals surface area contributed by atoms with Gasteiger partial charge in [-0.2, -0.15) is 0 Å². The maximum atomic E-state index is 5.88. The molecule has 1 N–H and O–H groups in total. The largest absolute Gasteiger partial charge is 0.374 e. The van der Waals surface area contributed by atoms with Crippen molar-refractivity contribution in [3.8, 4) is 0 Å². The van der Waals surface area contributed by atoms with Crippen LogP contribution in [0.4, 0.5) is 0 Å². The Labute approximate surface area is 125 Å². The summed E-state index contributed by atoms with van der Waals surface area (Å²) in [5, 5.41) is 3.67. The van der Waals surface area contributed by atoms with E-state index in [2.05, 4.69) is 31.0 Å². The van der Waals surface area contributed by atoms with Crippen LogP contribution in [-0.2, 0) is 4.74 Å². The molecule has 0 aromatic carbocycles. The first kappa shape index (κ1) is 16.3. The molecule has 0 amide bonds. The number of rotatable bonds is 6. The summed E-state index contributed by atoms with van der Waals surface area (Å²) in [4.78, 5) is 2.53. The van der Waals surface area contributed by atoms with Crippen molar-refractivity contribution in [3.05, 3.63) is 0 Å². The first-order chi connectivity index (χ1) is 9.69. The van der Waals surface area contributed by atoms with E-state index in [9.17, 15) is 0 Å². The Kier molecular flexibility index (Phi) is 6.79. The average Bonchev–Trinajstić information content (AvgIpc) is 2.48. The molecule has 20 heavy (non-hydrogen) atoms. The van der Waals surface area contributed by atoms with Gasteiger partial charge in [0, 0.05) is 25.7 Å². The van der Waals surface area contributed by atoms with Gasteiger partial charge < -0.3 is 10.1 Å². The minimum Gasteiger partial charge on any atom is -0.374 e. The molecule has 1 heterocycles. The minimum atomic E-state index is 0.387. The Morgan fingerprint density at radius 2 is 1.80 bits per heavy atom. The van der Waals surface area contributed by atoms with Crippen LogP contribution < -0.4 is 5.32 Å². The molecule has 3 heteroatoms. The maximum Gasteiger partial charge on any atom is 0.0826 e. The van der Waals surface area contributed by atoms with E-state index in [4.69, 9.17) is 4.74 Å². The standard InChI is InChI=1S/C17H34N2O/c1-4-15-5-7-16(8-6-15)11-18-12-17-13-19(14(2)3)9-10-20-17/h14-18H,4-13H2,1-3H3. The van der Waals surface area contributed by atoms with Gasteiger partial charge in [-0.25, -0.2) is 0 Å².